The molecule has 2 aliphatic heterocycles. The lowest BCUT2D eigenvalue weighted by Gasteiger charge is -2.58. The Balaban J connectivity index is 2.12. The fraction of sp³-hybridized carbons (Fsp3) is 0.733. The van der Waals surface area contributed by atoms with Crippen LogP contribution in [0.5, 0.6) is 0 Å². The number of fused-ring (bicyclic) bond motifs is 1. The summed E-state index contributed by atoms with van der Waals surface area (Å²) in [6.07, 6.45) is 5.79. The van der Waals surface area contributed by atoms with Gasteiger partial charge in [0.1, 0.15) is 5.60 Å². The second-order valence-corrected chi connectivity index (χ2v) is 7.27. The van der Waals surface area contributed by atoms with E-state index < -0.39 is 16.9 Å². The van der Waals surface area contributed by atoms with Crippen LogP contribution in [0.4, 0.5) is 0 Å². The predicted molar refractivity (Wildman–Crippen MR) is 81.1 cm³/mol. The van der Waals surface area contributed by atoms with Crippen LogP contribution in [-0.2, 0) is 19.1 Å². The maximum atomic E-state index is 12.6. The zero-order chi connectivity index (χ0) is 14.5. The second-order valence-electron chi connectivity index (χ2n) is 6.10. The molecule has 0 radical (unpaired) electrons. The summed E-state index contributed by atoms with van der Waals surface area (Å²) in [5.41, 5.74) is -1.35. The first-order chi connectivity index (χ1) is 9.46. The van der Waals surface area contributed by atoms with Crippen molar-refractivity contribution >= 4 is 34.5 Å². The fourth-order valence-corrected chi connectivity index (χ4v) is 5.29. The van der Waals surface area contributed by atoms with E-state index in [9.17, 15) is 9.59 Å². The first-order valence-corrected chi connectivity index (χ1v) is 8.32. The van der Waals surface area contributed by atoms with Crippen LogP contribution in [0.2, 0.25) is 0 Å². The van der Waals surface area contributed by atoms with E-state index in [-0.39, 0.29) is 17.9 Å². The number of rotatable bonds is 2. The third-order valence-corrected chi connectivity index (χ3v) is 6.47. The molecule has 0 amide bonds. The van der Waals surface area contributed by atoms with Gasteiger partial charge in [-0.15, -0.1) is 0 Å². The summed E-state index contributed by atoms with van der Waals surface area (Å²) in [5.74, 6) is -0.974. The first-order valence-electron chi connectivity index (χ1n) is 7.24. The van der Waals surface area contributed by atoms with Crippen molar-refractivity contribution in [3.05, 3.63) is 9.66 Å². The van der Waals surface area contributed by atoms with Crippen LogP contribution in [0.3, 0.4) is 0 Å². The highest BCUT2D eigenvalue weighted by Gasteiger charge is 2.68. The van der Waals surface area contributed by atoms with Gasteiger partial charge in [-0.25, -0.2) is 0 Å². The molecule has 20 heavy (non-hydrogen) atoms. The maximum Gasteiger partial charge on any atom is 0.314 e. The van der Waals surface area contributed by atoms with Gasteiger partial charge in [-0.3, -0.25) is 9.59 Å². The van der Waals surface area contributed by atoms with Gasteiger partial charge in [-0.2, -0.15) is 0 Å². The highest BCUT2D eigenvalue weighted by molar-refractivity contribution is 14.1. The molecule has 4 unspecified atom stereocenters. The summed E-state index contributed by atoms with van der Waals surface area (Å²) in [6, 6.07) is 0. The molecule has 0 aromatic heterocycles. The third-order valence-electron chi connectivity index (χ3n) is 5.19. The smallest absolute Gasteiger partial charge is 0.314 e. The van der Waals surface area contributed by atoms with Crippen LogP contribution < -0.4 is 0 Å². The topological polar surface area (TPSA) is 52.6 Å². The Labute approximate surface area is 132 Å². The number of halogens is 1. The summed E-state index contributed by atoms with van der Waals surface area (Å²) < 4.78 is 12.2. The summed E-state index contributed by atoms with van der Waals surface area (Å²) in [7, 11) is 0. The van der Waals surface area contributed by atoms with Crippen molar-refractivity contribution in [2.45, 2.75) is 45.1 Å². The van der Waals surface area contributed by atoms with Gasteiger partial charge in [0.05, 0.1) is 17.9 Å². The van der Waals surface area contributed by atoms with Gasteiger partial charge in [0.2, 0.25) is 0 Å². The summed E-state index contributed by atoms with van der Waals surface area (Å²) in [5, 5.41) is 0. The Morgan fingerprint density at radius 2 is 2.30 bits per heavy atom. The average Bonchev–Trinajstić information content (AvgIpc) is 2.42. The van der Waals surface area contributed by atoms with Gasteiger partial charge in [-0.05, 0) is 55.7 Å². The summed E-state index contributed by atoms with van der Waals surface area (Å²) in [4.78, 5) is 24.8. The van der Waals surface area contributed by atoms with Gasteiger partial charge >= 0.3 is 11.9 Å². The van der Waals surface area contributed by atoms with Gasteiger partial charge < -0.3 is 9.47 Å². The molecule has 4 aliphatic rings. The van der Waals surface area contributed by atoms with E-state index in [1.54, 1.807) is 6.92 Å². The molecule has 110 valence electrons. The number of esters is 2. The fourth-order valence-electron chi connectivity index (χ4n) is 4.17. The van der Waals surface area contributed by atoms with Crippen molar-refractivity contribution in [1.82, 2.24) is 0 Å². The van der Waals surface area contributed by atoms with E-state index in [4.69, 9.17) is 9.47 Å². The van der Waals surface area contributed by atoms with Crippen molar-refractivity contribution in [3.63, 3.8) is 0 Å². The normalized spacial score (nSPS) is 42.5. The number of ether oxygens (including phenoxy) is 2. The Morgan fingerprint density at radius 1 is 1.55 bits per heavy atom. The van der Waals surface area contributed by atoms with E-state index in [1.165, 1.54) is 0 Å². The van der Waals surface area contributed by atoms with E-state index in [2.05, 4.69) is 22.6 Å². The van der Waals surface area contributed by atoms with E-state index in [1.807, 2.05) is 13.0 Å². The zero-order valence-corrected chi connectivity index (χ0v) is 13.9. The molecule has 4 rings (SSSR count). The monoisotopic (exact) mass is 390 g/mol. The Morgan fingerprint density at radius 3 is 3.00 bits per heavy atom. The van der Waals surface area contributed by atoms with Gasteiger partial charge in [0.25, 0.3) is 0 Å². The van der Waals surface area contributed by atoms with E-state index in [0.29, 0.717) is 6.61 Å². The lowest BCUT2D eigenvalue weighted by molar-refractivity contribution is -0.216. The molecule has 2 bridgehead atoms. The first kappa shape index (κ1) is 14.4. The molecule has 5 heteroatoms. The van der Waals surface area contributed by atoms with Crippen molar-refractivity contribution in [2.24, 2.45) is 17.3 Å². The van der Waals surface area contributed by atoms with Crippen molar-refractivity contribution in [3.8, 4) is 0 Å². The summed E-state index contributed by atoms with van der Waals surface area (Å²) in [6.45, 7) is 4.04. The second kappa shape index (κ2) is 4.71. The molecule has 1 saturated carbocycles. The Bertz CT molecular complexity index is 500. The third kappa shape index (κ3) is 1.64. The molecule has 2 fully saturated rings. The molecule has 2 aliphatic carbocycles. The molecular weight excluding hydrogens is 371 g/mol. The number of hydrogen-bond acceptors (Lipinski definition) is 4. The van der Waals surface area contributed by atoms with Crippen molar-refractivity contribution < 1.29 is 19.1 Å². The highest BCUT2D eigenvalue weighted by Crippen LogP contribution is 2.62. The standard InChI is InChI=1S/C15H19IO4/c1-3-19-13(18)14(2)9-8-11(16)15(20-12(9)17)7-5-4-6-10(14)15/h8-10H,3-7H2,1-2H3. The minimum atomic E-state index is -0.777. The van der Waals surface area contributed by atoms with Gasteiger partial charge in [0.15, 0.2) is 0 Å². The van der Waals surface area contributed by atoms with Crippen molar-refractivity contribution in [1.29, 1.82) is 0 Å². The van der Waals surface area contributed by atoms with Crippen LogP contribution in [0.15, 0.2) is 9.66 Å². The Kier molecular flexibility index (Phi) is 3.38. The van der Waals surface area contributed by atoms with Crippen LogP contribution in [0, 0.1) is 17.3 Å². The SMILES string of the molecule is CCOC(=O)C1(C)C2C=C(I)C3(CCCCC31)OC2=O. The Hall–Kier alpha value is -0.590. The minimum Gasteiger partial charge on any atom is -0.466 e. The van der Waals surface area contributed by atoms with Crippen molar-refractivity contribution in [2.75, 3.05) is 6.61 Å². The van der Waals surface area contributed by atoms with Gasteiger partial charge in [0, 0.05) is 9.50 Å². The number of carbonyl (C=O) groups excluding carboxylic acids is 2. The molecule has 1 saturated heterocycles. The average molecular weight is 390 g/mol. The lowest BCUT2D eigenvalue weighted by atomic mass is 9.52. The highest BCUT2D eigenvalue weighted by atomic mass is 127. The maximum absolute atomic E-state index is 12.6. The molecular formula is C15H19IO4. The van der Waals surface area contributed by atoms with E-state index >= 15 is 0 Å². The molecule has 0 aromatic carbocycles. The quantitative estimate of drug-likeness (QED) is 0.538. The minimum absolute atomic E-state index is 0.0439. The lowest BCUT2D eigenvalue weighted by Crippen LogP contribution is -2.66. The molecule has 0 aromatic rings. The molecule has 2 heterocycles. The number of carbonyl (C=O) groups is 2. The molecule has 1 spiro atoms. The molecule has 4 atom stereocenters. The van der Waals surface area contributed by atoms with Gasteiger partial charge in [-0.1, -0.05) is 12.5 Å². The van der Waals surface area contributed by atoms with Crippen LogP contribution in [-0.4, -0.2) is 24.1 Å². The predicted octanol–water partition coefficient (Wildman–Crippen LogP) is 2.99. The van der Waals surface area contributed by atoms with E-state index in [0.717, 1.165) is 29.3 Å². The zero-order valence-electron chi connectivity index (χ0n) is 11.8. The van der Waals surface area contributed by atoms with Crippen LogP contribution in [0.25, 0.3) is 0 Å². The number of hydrogen-bond donors (Lipinski definition) is 0. The molecule has 4 nitrogen and oxygen atoms in total. The largest absolute Gasteiger partial charge is 0.466 e. The van der Waals surface area contributed by atoms with Crippen LogP contribution >= 0.6 is 22.6 Å². The summed E-state index contributed by atoms with van der Waals surface area (Å²) >= 11 is 2.28. The molecule has 0 N–H and O–H groups in total. The van der Waals surface area contributed by atoms with Crippen LogP contribution in [0.1, 0.15) is 39.5 Å².